The lowest BCUT2D eigenvalue weighted by Crippen LogP contribution is -2.21. The van der Waals surface area contributed by atoms with Gasteiger partial charge in [-0.25, -0.2) is 0 Å². The molecule has 0 aliphatic rings. The van der Waals surface area contributed by atoms with Crippen molar-refractivity contribution in [1.82, 2.24) is 5.32 Å². The molecule has 0 spiro atoms. The SMILES string of the molecule is CCNC(c1cc(Cl)cc(Br)c1)c1sccc1Cl. The molecule has 2 aromatic rings. The maximum Gasteiger partial charge on any atom is 0.0686 e. The Kier molecular flexibility index (Phi) is 5.10. The van der Waals surface area contributed by atoms with Crippen molar-refractivity contribution in [2.24, 2.45) is 0 Å². The van der Waals surface area contributed by atoms with Crippen molar-refractivity contribution in [1.29, 1.82) is 0 Å². The molecule has 1 nitrogen and oxygen atoms in total. The van der Waals surface area contributed by atoms with Gasteiger partial charge in [-0.15, -0.1) is 11.3 Å². The second-order valence-electron chi connectivity index (χ2n) is 3.83. The van der Waals surface area contributed by atoms with Gasteiger partial charge in [0.2, 0.25) is 0 Å². The molecule has 1 aromatic heterocycles. The number of rotatable bonds is 4. The van der Waals surface area contributed by atoms with Crippen LogP contribution in [0.5, 0.6) is 0 Å². The van der Waals surface area contributed by atoms with E-state index in [2.05, 4.69) is 34.2 Å². The second-order valence-corrected chi connectivity index (χ2v) is 6.53. The molecule has 1 atom stereocenters. The van der Waals surface area contributed by atoms with Gasteiger partial charge in [0, 0.05) is 14.4 Å². The van der Waals surface area contributed by atoms with Crippen molar-refractivity contribution in [3.63, 3.8) is 0 Å². The monoisotopic (exact) mass is 363 g/mol. The van der Waals surface area contributed by atoms with Gasteiger partial charge < -0.3 is 5.32 Å². The first kappa shape index (κ1) is 14.4. The summed E-state index contributed by atoms with van der Waals surface area (Å²) in [5.74, 6) is 0. The Hall–Kier alpha value is -0.0600. The van der Waals surface area contributed by atoms with Crippen LogP contribution in [0.2, 0.25) is 10.0 Å². The fourth-order valence-electron chi connectivity index (χ4n) is 1.82. The van der Waals surface area contributed by atoms with Crippen LogP contribution in [0.25, 0.3) is 0 Å². The number of nitrogens with one attached hydrogen (secondary N) is 1. The van der Waals surface area contributed by atoms with E-state index in [-0.39, 0.29) is 6.04 Å². The molecule has 0 bridgehead atoms. The maximum absolute atomic E-state index is 6.23. The highest BCUT2D eigenvalue weighted by atomic mass is 79.9. The average Bonchev–Trinajstić information content (AvgIpc) is 2.71. The summed E-state index contributed by atoms with van der Waals surface area (Å²) >= 11 is 17.5. The largest absolute Gasteiger partial charge is 0.306 e. The normalized spacial score (nSPS) is 12.7. The highest BCUT2D eigenvalue weighted by molar-refractivity contribution is 9.10. The third-order valence-electron chi connectivity index (χ3n) is 2.53. The highest BCUT2D eigenvalue weighted by Crippen LogP contribution is 2.34. The second kappa shape index (κ2) is 6.40. The molecule has 18 heavy (non-hydrogen) atoms. The standard InChI is InChI=1S/C13H12BrCl2NS/c1-2-17-12(13-11(16)3-4-18-13)8-5-9(14)7-10(15)6-8/h3-7,12,17H,2H2,1H3. The molecule has 0 aliphatic heterocycles. The quantitative estimate of drug-likeness (QED) is 0.753. The lowest BCUT2D eigenvalue weighted by Gasteiger charge is -2.18. The van der Waals surface area contributed by atoms with E-state index in [1.807, 2.05) is 23.6 Å². The zero-order chi connectivity index (χ0) is 13.1. The van der Waals surface area contributed by atoms with Crippen LogP contribution in [0.1, 0.15) is 23.4 Å². The van der Waals surface area contributed by atoms with Crippen LogP contribution in [0, 0.1) is 0 Å². The number of benzene rings is 1. The first-order valence-corrected chi connectivity index (χ1v) is 7.97. The van der Waals surface area contributed by atoms with Crippen molar-refractivity contribution >= 4 is 50.5 Å². The van der Waals surface area contributed by atoms with Gasteiger partial charge in [0.25, 0.3) is 0 Å². The average molecular weight is 365 g/mol. The Balaban J connectivity index is 2.44. The van der Waals surface area contributed by atoms with Crippen molar-refractivity contribution in [3.8, 4) is 0 Å². The Morgan fingerprint density at radius 1 is 1.33 bits per heavy atom. The summed E-state index contributed by atoms with van der Waals surface area (Å²) in [4.78, 5) is 1.12. The number of thiophene rings is 1. The van der Waals surface area contributed by atoms with Crippen molar-refractivity contribution in [2.75, 3.05) is 6.54 Å². The molecular formula is C13H12BrCl2NS. The number of halogens is 3. The first-order chi connectivity index (χ1) is 8.61. The molecule has 0 aliphatic carbocycles. The van der Waals surface area contributed by atoms with Crippen LogP contribution in [-0.2, 0) is 0 Å². The predicted molar refractivity (Wildman–Crippen MR) is 84.0 cm³/mol. The van der Waals surface area contributed by atoms with Crippen LogP contribution in [0.4, 0.5) is 0 Å². The molecule has 1 heterocycles. The van der Waals surface area contributed by atoms with Crippen molar-refractivity contribution in [2.45, 2.75) is 13.0 Å². The third kappa shape index (κ3) is 3.28. The summed E-state index contributed by atoms with van der Waals surface area (Å²) < 4.78 is 0.973. The maximum atomic E-state index is 6.23. The van der Waals surface area contributed by atoms with E-state index in [9.17, 15) is 0 Å². The predicted octanol–water partition coefficient (Wildman–Crippen LogP) is 5.52. The lowest BCUT2D eigenvalue weighted by atomic mass is 10.1. The van der Waals surface area contributed by atoms with Gasteiger partial charge in [-0.3, -0.25) is 0 Å². The molecule has 1 aromatic carbocycles. The Morgan fingerprint density at radius 2 is 2.11 bits per heavy atom. The minimum atomic E-state index is 0.0810. The van der Waals surface area contributed by atoms with Gasteiger partial charge in [-0.2, -0.15) is 0 Å². The summed E-state index contributed by atoms with van der Waals surface area (Å²) in [5.41, 5.74) is 1.11. The number of hydrogen-bond donors (Lipinski definition) is 1. The van der Waals surface area contributed by atoms with E-state index in [0.29, 0.717) is 0 Å². The molecule has 0 fully saturated rings. The minimum Gasteiger partial charge on any atom is -0.306 e. The van der Waals surface area contributed by atoms with Gasteiger partial charge in [0.1, 0.15) is 0 Å². The molecule has 0 saturated carbocycles. The zero-order valence-corrected chi connectivity index (χ0v) is 13.6. The van der Waals surface area contributed by atoms with E-state index in [1.165, 1.54) is 0 Å². The topological polar surface area (TPSA) is 12.0 Å². The van der Waals surface area contributed by atoms with Crippen molar-refractivity contribution in [3.05, 3.63) is 54.6 Å². The smallest absolute Gasteiger partial charge is 0.0686 e. The summed E-state index contributed by atoms with van der Waals surface area (Å²) in [6, 6.07) is 7.91. The minimum absolute atomic E-state index is 0.0810. The van der Waals surface area contributed by atoms with E-state index in [4.69, 9.17) is 23.2 Å². The molecule has 0 radical (unpaired) electrons. The van der Waals surface area contributed by atoms with Crippen LogP contribution in [-0.4, -0.2) is 6.54 Å². The van der Waals surface area contributed by atoms with Crippen LogP contribution >= 0.6 is 50.5 Å². The van der Waals surface area contributed by atoms with Crippen LogP contribution in [0.15, 0.2) is 34.1 Å². The molecule has 2 rings (SSSR count). The Labute approximate surface area is 129 Å². The zero-order valence-electron chi connectivity index (χ0n) is 9.71. The molecule has 1 N–H and O–H groups in total. The molecule has 0 amide bonds. The third-order valence-corrected chi connectivity index (χ3v) is 4.63. The molecule has 0 saturated heterocycles. The first-order valence-electron chi connectivity index (χ1n) is 5.54. The Bertz CT molecular complexity index is 521. The van der Waals surface area contributed by atoms with Gasteiger partial charge in [0.05, 0.1) is 11.1 Å². The van der Waals surface area contributed by atoms with E-state index >= 15 is 0 Å². The van der Waals surface area contributed by atoms with Crippen molar-refractivity contribution < 1.29 is 0 Å². The number of hydrogen-bond acceptors (Lipinski definition) is 2. The van der Waals surface area contributed by atoms with E-state index in [0.717, 1.165) is 31.5 Å². The molecule has 1 unspecified atom stereocenters. The van der Waals surface area contributed by atoms with Gasteiger partial charge in [-0.05, 0) is 41.8 Å². The van der Waals surface area contributed by atoms with E-state index in [1.54, 1.807) is 11.3 Å². The van der Waals surface area contributed by atoms with Crippen LogP contribution in [0.3, 0.4) is 0 Å². The van der Waals surface area contributed by atoms with Gasteiger partial charge in [-0.1, -0.05) is 46.1 Å². The molecule has 5 heteroatoms. The van der Waals surface area contributed by atoms with Crippen LogP contribution < -0.4 is 5.32 Å². The Morgan fingerprint density at radius 3 is 2.67 bits per heavy atom. The molecular weight excluding hydrogens is 353 g/mol. The van der Waals surface area contributed by atoms with Gasteiger partial charge >= 0.3 is 0 Å². The molecule has 96 valence electrons. The van der Waals surface area contributed by atoms with E-state index < -0.39 is 0 Å². The summed E-state index contributed by atoms with van der Waals surface area (Å²) in [5, 5.41) is 6.96. The highest BCUT2D eigenvalue weighted by Gasteiger charge is 2.18. The summed E-state index contributed by atoms with van der Waals surface area (Å²) in [6.07, 6.45) is 0. The lowest BCUT2D eigenvalue weighted by molar-refractivity contribution is 0.639. The summed E-state index contributed by atoms with van der Waals surface area (Å²) in [7, 11) is 0. The summed E-state index contributed by atoms with van der Waals surface area (Å²) in [6.45, 7) is 2.94. The van der Waals surface area contributed by atoms with Gasteiger partial charge in [0.15, 0.2) is 0 Å². The fraction of sp³-hybridized carbons (Fsp3) is 0.231. The fourth-order valence-corrected chi connectivity index (χ4v) is 3.97.